The van der Waals surface area contributed by atoms with Crippen LogP contribution < -0.4 is 10.1 Å². The van der Waals surface area contributed by atoms with E-state index in [9.17, 15) is 4.79 Å². The normalized spacial score (nSPS) is 11.8. The van der Waals surface area contributed by atoms with E-state index in [0.717, 1.165) is 22.6 Å². The van der Waals surface area contributed by atoms with Crippen LogP contribution in [0, 0.1) is 13.8 Å². The minimum atomic E-state index is -0.496. The van der Waals surface area contributed by atoms with Gasteiger partial charge in [0, 0.05) is 6.20 Å². The van der Waals surface area contributed by atoms with Gasteiger partial charge in [0.25, 0.3) is 5.91 Å². The lowest BCUT2D eigenvalue weighted by atomic mass is 10.1. The van der Waals surface area contributed by atoms with Crippen molar-refractivity contribution in [2.75, 3.05) is 0 Å². The van der Waals surface area contributed by atoms with Crippen LogP contribution in [0.25, 0.3) is 0 Å². The first-order chi connectivity index (χ1) is 10.6. The summed E-state index contributed by atoms with van der Waals surface area (Å²) < 4.78 is 5.89. The molecule has 0 aliphatic heterocycles. The molecule has 4 heteroatoms. The van der Waals surface area contributed by atoms with E-state index >= 15 is 0 Å². The number of nitrogens with one attached hydrogen (secondary N) is 1. The number of aryl methyl sites for hydroxylation is 2. The summed E-state index contributed by atoms with van der Waals surface area (Å²) in [6.45, 7) is 6.34. The average molecular weight is 298 g/mol. The van der Waals surface area contributed by atoms with Gasteiger partial charge in [-0.1, -0.05) is 25.1 Å². The van der Waals surface area contributed by atoms with Gasteiger partial charge in [-0.2, -0.15) is 0 Å². The average Bonchev–Trinajstić information content (AvgIpc) is 2.54. The summed E-state index contributed by atoms with van der Waals surface area (Å²) in [5.41, 5.74) is 2.98. The SMILES string of the molecule is CC[C@H](Oc1cc(C)ccc1C)C(=O)NCc1ccccn1. The number of nitrogens with zero attached hydrogens (tertiary/aromatic N) is 1. The highest BCUT2D eigenvalue weighted by Crippen LogP contribution is 2.21. The molecule has 0 spiro atoms. The number of carbonyl (C=O) groups excluding carboxylic acids is 1. The zero-order chi connectivity index (χ0) is 15.9. The van der Waals surface area contributed by atoms with Gasteiger partial charge in [-0.15, -0.1) is 0 Å². The van der Waals surface area contributed by atoms with Crippen molar-refractivity contribution in [1.29, 1.82) is 0 Å². The van der Waals surface area contributed by atoms with Crippen LogP contribution in [0.3, 0.4) is 0 Å². The smallest absolute Gasteiger partial charge is 0.261 e. The Kier molecular flexibility index (Phi) is 5.53. The molecule has 116 valence electrons. The van der Waals surface area contributed by atoms with Gasteiger partial charge in [0.05, 0.1) is 12.2 Å². The monoisotopic (exact) mass is 298 g/mol. The van der Waals surface area contributed by atoms with E-state index in [1.807, 2.05) is 57.2 Å². The third-order valence-electron chi connectivity index (χ3n) is 3.45. The number of carbonyl (C=O) groups is 1. The molecule has 1 aromatic heterocycles. The van der Waals surface area contributed by atoms with Crippen molar-refractivity contribution in [2.24, 2.45) is 0 Å². The fraction of sp³-hybridized carbons (Fsp3) is 0.333. The van der Waals surface area contributed by atoms with Crippen molar-refractivity contribution in [1.82, 2.24) is 10.3 Å². The van der Waals surface area contributed by atoms with Crippen LogP contribution in [-0.4, -0.2) is 17.0 Å². The number of benzene rings is 1. The minimum Gasteiger partial charge on any atom is -0.480 e. The number of pyridine rings is 1. The molecule has 0 fully saturated rings. The van der Waals surface area contributed by atoms with E-state index in [1.54, 1.807) is 6.20 Å². The topological polar surface area (TPSA) is 51.2 Å². The summed E-state index contributed by atoms with van der Waals surface area (Å²) >= 11 is 0. The molecule has 2 aromatic rings. The predicted octanol–water partition coefficient (Wildman–Crippen LogP) is 3.17. The van der Waals surface area contributed by atoms with Crippen LogP contribution in [-0.2, 0) is 11.3 Å². The lowest BCUT2D eigenvalue weighted by Gasteiger charge is -2.19. The van der Waals surface area contributed by atoms with Gasteiger partial charge in [0.2, 0.25) is 0 Å². The van der Waals surface area contributed by atoms with Crippen molar-refractivity contribution >= 4 is 5.91 Å². The molecule has 1 N–H and O–H groups in total. The van der Waals surface area contributed by atoms with E-state index in [2.05, 4.69) is 10.3 Å². The molecule has 1 heterocycles. The molecular weight excluding hydrogens is 276 g/mol. The van der Waals surface area contributed by atoms with Crippen molar-refractivity contribution in [3.05, 3.63) is 59.4 Å². The number of rotatable bonds is 6. The van der Waals surface area contributed by atoms with Gasteiger partial charge in [0.1, 0.15) is 5.75 Å². The minimum absolute atomic E-state index is 0.117. The molecule has 0 aliphatic carbocycles. The van der Waals surface area contributed by atoms with E-state index in [-0.39, 0.29) is 5.91 Å². The first-order valence-electron chi connectivity index (χ1n) is 7.51. The molecular formula is C18H22N2O2. The van der Waals surface area contributed by atoms with Gasteiger partial charge >= 0.3 is 0 Å². The second-order valence-electron chi connectivity index (χ2n) is 5.32. The summed E-state index contributed by atoms with van der Waals surface area (Å²) in [6.07, 6.45) is 1.83. The largest absolute Gasteiger partial charge is 0.480 e. The van der Waals surface area contributed by atoms with Crippen molar-refractivity contribution < 1.29 is 9.53 Å². The molecule has 4 nitrogen and oxygen atoms in total. The number of hydrogen-bond donors (Lipinski definition) is 1. The molecule has 0 bridgehead atoms. The van der Waals surface area contributed by atoms with Crippen LogP contribution in [0.4, 0.5) is 0 Å². The molecule has 0 radical (unpaired) electrons. The Hall–Kier alpha value is -2.36. The summed E-state index contributed by atoms with van der Waals surface area (Å²) in [5.74, 6) is 0.647. The van der Waals surface area contributed by atoms with Gasteiger partial charge in [-0.25, -0.2) is 0 Å². The standard InChI is InChI=1S/C18H22N2O2/c1-4-16(22-17-11-13(2)8-9-14(17)3)18(21)20-12-15-7-5-6-10-19-15/h5-11,16H,4,12H2,1-3H3,(H,20,21)/t16-/m0/s1. The fourth-order valence-corrected chi connectivity index (χ4v) is 2.10. The maximum atomic E-state index is 12.3. The number of aromatic nitrogens is 1. The molecule has 0 saturated carbocycles. The molecule has 0 unspecified atom stereocenters. The molecule has 22 heavy (non-hydrogen) atoms. The fourth-order valence-electron chi connectivity index (χ4n) is 2.10. The number of amides is 1. The van der Waals surface area contributed by atoms with Gasteiger partial charge < -0.3 is 10.1 Å². The number of hydrogen-bond acceptors (Lipinski definition) is 3. The summed E-state index contributed by atoms with van der Waals surface area (Å²) in [5, 5.41) is 2.88. The molecule has 0 saturated heterocycles. The predicted molar refractivity (Wildman–Crippen MR) is 86.7 cm³/mol. The Bertz CT molecular complexity index is 626. The van der Waals surface area contributed by atoms with Crippen molar-refractivity contribution in [3.8, 4) is 5.75 Å². The van der Waals surface area contributed by atoms with Crippen LogP contribution in [0.1, 0.15) is 30.2 Å². The molecule has 1 atom stereocenters. The van der Waals surface area contributed by atoms with E-state index in [1.165, 1.54) is 0 Å². The number of ether oxygens (including phenoxy) is 1. The van der Waals surface area contributed by atoms with E-state index in [4.69, 9.17) is 4.74 Å². The van der Waals surface area contributed by atoms with E-state index < -0.39 is 6.10 Å². The van der Waals surface area contributed by atoms with Crippen LogP contribution in [0.5, 0.6) is 5.75 Å². The van der Waals surface area contributed by atoms with Crippen molar-refractivity contribution in [3.63, 3.8) is 0 Å². The highest BCUT2D eigenvalue weighted by molar-refractivity contribution is 5.81. The highest BCUT2D eigenvalue weighted by atomic mass is 16.5. The van der Waals surface area contributed by atoms with Crippen molar-refractivity contribution in [2.45, 2.75) is 39.8 Å². The van der Waals surface area contributed by atoms with Crippen LogP contribution in [0.15, 0.2) is 42.6 Å². The lowest BCUT2D eigenvalue weighted by Crippen LogP contribution is -2.37. The Labute approximate surface area is 131 Å². The molecule has 0 aliphatic rings. The van der Waals surface area contributed by atoms with E-state index in [0.29, 0.717) is 13.0 Å². The second kappa shape index (κ2) is 7.59. The first-order valence-corrected chi connectivity index (χ1v) is 7.51. The van der Waals surface area contributed by atoms with Gasteiger partial charge in [0.15, 0.2) is 6.10 Å². The Balaban J connectivity index is 1.98. The summed E-state index contributed by atoms with van der Waals surface area (Å²) in [6, 6.07) is 11.6. The summed E-state index contributed by atoms with van der Waals surface area (Å²) in [7, 11) is 0. The maximum Gasteiger partial charge on any atom is 0.261 e. The zero-order valence-electron chi connectivity index (χ0n) is 13.3. The molecule has 1 aromatic carbocycles. The maximum absolute atomic E-state index is 12.3. The Morgan fingerprint density at radius 3 is 2.77 bits per heavy atom. The summed E-state index contributed by atoms with van der Waals surface area (Å²) in [4.78, 5) is 16.5. The van der Waals surface area contributed by atoms with Gasteiger partial charge in [-0.05, 0) is 49.6 Å². The molecule has 1 amide bonds. The molecule has 2 rings (SSSR count). The van der Waals surface area contributed by atoms with Gasteiger partial charge in [-0.3, -0.25) is 9.78 Å². The second-order valence-corrected chi connectivity index (χ2v) is 5.32. The zero-order valence-corrected chi connectivity index (χ0v) is 13.3. The Morgan fingerprint density at radius 2 is 2.09 bits per heavy atom. The highest BCUT2D eigenvalue weighted by Gasteiger charge is 2.19. The van der Waals surface area contributed by atoms with Crippen LogP contribution >= 0.6 is 0 Å². The van der Waals surface area contributed by atoms with Crippen LogP contribution in [0.2, 0.25) is 0 Å². The first kappa shape index (κ1) is 16.0. The Morgan fingerprint density at radius 1 is 1.27 bits per heavy atom. The lowest BCUT2D eigenvalue weighted by molar-refractivity contribution is -0.128. The third-order valence-corrected chi connectivity index (χ3v) is 3.45. The third kappa shape index (κ3) is 4.32. The quantitative estimate of drug-likeness (QED) is 0.891.